The number of carbonyl (C=O) groups is 2. The van der Waals surface area contributed by atoms with Crippen LogP contribution >= 0.6 is 0 Å². The minimum absolute atomic E-state index is 0.185. The third-order valence-corrected chi connectivity index (χ3v) is 7.76. The monoisotopic (exact) mass is 488 g/mol. The molecule has 2 aromatic rings. The van der Waals surface area contributed by atoms with Crippen molar-refractivity contribution in [3.63, 3.8) is 0 Å². The number of hydrogen-bond donors (Lipinski definition) is 2. The Bertz CT molecular complexity index is 1170. The van der Waals surface area contributed by atoms with Crippen molar-refractivity contribution in [2.75, 3.05) is 39.3 Å². The van der Waals surface area contributed by atoms with Gasteiger partial charge in [-0.1, -0.05) is 17.7 Å². The van der Waals surface area contributed by atoms with Crippen molar-refractivity contribution < 1.29 is 27.2 Å². The molecule has 0 radical (unpaired) electrons. The molecule has 1 fully saturated rings. The molecule has 182 valence electrons. The molecule has 0 bridgehead atoms. The van der Waals surface area contributed by atoms with Crippen LogP contribution in [0.25, 0.3) is 0 Å². The van der Waals surface area contributed by atoms with Crippen LogP contribution in [0.3, 0.4) is 0 Å². The average molecular weight is 489 g/mol. The Hall–Kier alpha value is -3.15. The molecule has 2 amide bonds. The van der Waals surface area contributed by atoms with Crippen LogP contribution in [-0.2, 0) is 19.6 Å². The van der Waals surface area contributed by atoms with E-state index in [1.54, 1.807) is 43.3 Å². The number of benzene rings is 1. The second-order valence-corrected chi connectivity index (χ2v) is 10.1. The maximum atomic E-state index is 13.0. The Morgan fingerprint density at radius 3 is 2.47 bits per heavy atom. The van der Waals surface area contributed by atoms with Gasteiger partial charge < -0.3 is 19.8 Å². The molecule has 2 N–H and O–H groups in total. The van der Waals surface area contributed by atoms with Crippen molar-refractivity contribution in [1.29, 1.82) is 0 Å². The largest absolute Gasteiger partial charge is 0.467 e. The second-order valence-electron chi connectivity index (χ2n) is 8.15. The fourth-order valence-corrected chi connectivity index (χ4v) is 5.49. The first-order valence-corrected chi connectivity index (χ1v) is 12.5. The molecule has 3 heterocycles. The summed E-state index contributed by atoms with van der Waals surface area (Å²) >= 11 is 0. The summed E-state index contributed by atoms with van der Waals surface area (Å²) in [4.78, 5) is 27.4. The number of esters is 1. The number of rotatable bonds is 7. The van der Waals surface area contributed by atoms with Crippen LogP contribution < -0.4 is 10.6 Å². The summed E-state index contributed by atoms with van der Waals surface area (Å²) in [7, 11) is -3.59. The Morgan fingerprint density at radius 1 is 1.15 bits per heavy atom. The SMILES string of the molecule is CCOC(=O)C1=C(CN2CCN(S(=O)(=O)c3ccc(C)cc3)CC2)NC(=O)N[C@@H]1c1ccco1. The molecule has 0 aliphatic carbocycles. The second kappa shape index (κ2) is 10.00. The van der Waals surface area contributed by atoms with Crippen LogP contribution in [0, 0.1) is 6.92 Å². The lowest BCUT2D eigenvalue weighted by Crippen LogP contribution is -2.52. The molecule has 0 saturated carbocycles. The van der Waals surface area contributed by atoms with Crippen LogP contribution in [0.1, 0.15) is 24.3 Å². The number of amides is 2. The summed E-state index contributed by atoms with van der Waals surface area (Å²) in [5.41, 5.74) is 1.68. The summed E-state index contributed by atoms with van der Waals surface area (Å²) in [6, 6.07) is 8.93. The number of ether oxygens (including phenoxy) is 1. The van der Waals surface area contributed by atoms with Crippen LogP contribution in [0.5, 0.6) is 0 Å². The van der Waals surface area contributed by atoms with Gasteiger partial charge in [0.2, 0.25) is 10.0 Å². The average Bonchev–Trinajstić information content (AvgIpc) is 3.34. The number of sulfonamides is 1. The number of furan rings is 1. The molecule has 0 spiro atoms. The fourth-order valence-electron chi connectivity index (χ4n) is 4.07. The summed E-state index contributed by atoms with van der Waals surface area (Å²) < 4.78 is 38.1. The molecule has 1 saturated heterocycles. The van der Waals surface area contributed by atoms with Crippen molar-refractivity contribution in [3.8, 4) is 0 Å². The van der Waals surface area contributed by atoms with Crippen molar-refractivity contribution in [1.82, 2.24) is 19.8 Å². The first-order chi connectivity index (χ1) is 16.3. The zero-order chi connectivity index (χ0) is 24.3. The van der Waals surface area contributed by atoms with Gasteiger partial charge in [-0.15, -0.1) is 0 Å². The van der Waals surface area contributed by atoms with E-state index in [4.69, 9.17) is 9.15 Å². The zero-order valence-corrected chi connectivity index (χ0v) is 19.9. The van der Waals surface area contributed by atoms with Gasteiger partial charge in [0.05, 0.1) is 23.3 Å². The number of piperazine rings is 1. The third kappa shape index (κ3) is 5.01. The van der Waals surface area contributed by atoms with Crippen molar-refractivity contribution in [2.24, 2.45) is 0 Å². The standard InChI is InChI=1S/C23H28N4O6S/c1-3-32-22(28)20-18(24-23(29)25-21(20)19-5-4-14-33-19)15-26-10-12-27(13-11-26)34(30,31)17-8-6-16(2)7-9-17/h4-9,14,21H,3,10-13,15H2,1-2H3,(H2,24,25,29)/t21-/m1/s1. The fraction of sp³-hybridized carbons (Fsp3) is 0.391. The highest BCUT2D eigenvalue weighted by Gasteiger charge is 2.36. The van der Waals surface area contributed by atoms with Gasteiger partial charge in [-0.25, -0.2) is 18.0 Å². The first kappa shape index (κ1) is 24.0. The summed E-state index contributed by atoms with van der Waals surface area (Å²) in [5, 5.41) is 5.45. The van der Waals surface area contributed by atoms with E-state index < -0.39 is 28.1 Å². The van der Waals surface area contributed by atoms with Gasteiger partial charge in [0.25, 0.3) is 0 Å². The molecule has 0 unspecified atom stereocenters. The number of urea groups is 1. The third-order valence-electron chi connectivity index (χ3n) is 5.85. The molecule has 10 nitrogen and oxygen atoms in total. The maximum Gasteiger partial charge on any atom is 0.338 e. The van der Waals surface area contributed by atoms with E-state index in [-0.39, 0.29) is 23.6 Å². The highest BCUT2D eigenvalue weighted by atomic mass is 32.2. The molecule has 4 rings (SSSR count). The van der Waals surface area contributed by atoms with E-state index in [1.807, 2.05) is 11.8 Å². The number of hydrogen-bond acceptors (Lipinski definition) is 7. The highest BCUT2D eigenvalue weighted by Crippen LogP contribution is 2.29. The molecule has 34 heavy (non-hydrogen) atoms. The van der Waals surface area contributed by atoms with Gasteiger partial charge in [0.1, 0.15) is 11.8 Å². The predicted octanol–water partition coefficient (Wildman–Crippen LogP) is 1.77. The molecule has 1 atom stereocenters. The summed E-state index contributed by atoms with van der Waals surface area (Å²) in [6.07, 6.45) is 1.47. The van der Waals surface area contributed by atoms with Crippen molar-refractivity contribution in [2.45, 2.75) is 24.8 Å². The highest BCUT2D eigenvalue weighted by molar-refractivity contribution is 7.89. The lowest BCUT2D eigenvalue weighted by Gasteiger charge is -2.36. The Balaban J connectivity index is 1.51. The normalized spacial score (nSPS) is 20.1. The van der Waals surface area contributed by atoms with Gasteiger partial charge in [-0.3, -0.25) is 4.90 Å². The number of aryl methyl sites for hydroxylation is 1. The molecule has 1 aromatic carbocycles. The quantitative estimate of drug-likeness (QED) is 0.570. The van der Waals surface area contributed by atoms with Gasteiger partial charge in [0, 0.05) is 38.4 Å². The van der Waals surface area contributed by atoms with Gasteiger partial charge >= 0.3 is 12.0 Å². The Kier molecular flexibility index (Phi) is 7.05. The Morgan fingerprint density at radius 2 is 1.85 bits per heavy atom. The predicted molar refractivity (Wildman–Crippen MR) is 123 cm³/mol. The van der Waals surface area contributed by atoms with Gasteiger partial charge in [-0.2, -0.15) is 4.31 Å². The molecular formula is C23H28N4O6S. The van der Waals surface area contributed by atoms with Crippen molar-refractivity contribution in [3.05, 3.63) is 65.3 Å². The molecule has 2 aliphatic rings. The topological polar surface area (TPSA) is 121 Å². The minimum Gasteiger partial charge on any atom is -0.467 e. The van der Waals surface area contributed by atoms with E-state index in [9.17, 15) is 18.0 Å². The summed E-state index contributed by atoms with van der Waals surface area (Å²) in [5.74, 6) is -0.128. The number of nitrogens with one attached hydrogen (secondary N) is 2. The minimum atomic E-state index is -3.59. The van der Waals surface area contributed by atoms with E-state index in [2.05, 4.69) is 10.6 Å². The van der Waals surface area contributed by atoms with E-state index in [1.165, 1.54) is 10.6 Å². The maximum absolute atomic E-state index is 13.0. The molecule has 11 heteroatoms. The summed E-state index contributed by atoms with van der Waals surface area (Å²) in [6.45, 7) is 5.55. The van der Waals surface area contributed by atoms with Gasteiger partial charge in [-0.05, 0) is 38.1 Å². The van der Waals surface area contributed by atoms with Crippen LogP contribution in [0.15, 0.2) is 63.2 Å². The lowest BCUT2D eigenvalue weighted by molar-refractivity contribution is -0.139. The molecule has 1 aromatic heterocycles. The number of nitrogens with zero attached hydrogens (tertiary/aromatic N) is 2. The van der Waals surface area contributed by atoms with E-state index in [0.717, 1.165) is 5.56 Å². The van der Waals surface area contributed by atoms with Crippen LogP contribution in [0.2, 0.25) is 0 Å². The van der Waals surface area contributed by atoms with Crippen LogP contribution in [0.4, 0.5) is 4.79 Å². The van der Waals surface area contributed by atoms with Crippen molar-refractivity contribution >= 4 is 22.0 Å². The van der Waals surface area contributed by atoms with E-state index in [0.29, 0.717) is 37.6 Å². The number of carbonyl (C=O) groups excluding carboxylic acids is 2. The molecule has 2 aliphatic heterocycles. The van der Waals surface area contributed by atoms with Gasteiger partial charge in [0.15, 0.2) is 0 Å². The van der Waals surface area contributed by atoms with Crippen LogP contribution in [-0.4, -0.2) is 69.0 Å². The smallest absolute Gasteiger partial charge is 0.338 e. The first-order valence-electron chi connectivity index (χ1n) is 11.1. The van der Waals surface area contributed by atoms with E-state index >= 15 is 0 Å². The zero-order valence-electron chi connectivity index (χ0n) is 19.1. The molecular weight excluding hydrogens is 460 g/mol. The Labute approximate surface area is 198 Å². The lowest BCUT2D eigenvalue weighted by atomic mass is 9.99.